The second-order valence-electron chi connectivity index (χ2n) is 7.29. The predicted octanol–water partition coefficient (Wildman–Crippen LogP) is 6.17. The molecular formula is C25H36N2O. The van der Waals surface area contributed by atoms with E-state index in [0.29, 0.717) is 0 Å². The van der Waals surface area contributed by atoms with Gasteiger partial charge in [0.1, 0.15) is 0 Å². The largest absolute Gasteiger partial charge is 0.372 e. The SMILES string of the molecule is CCCCN(CCCC)c1ccc(C(=O)c2ccc(N(CC)CC)cc2)cc1. The maximum absolute atomic E-state index is 12.9. The first-order chi connectivity index (χ1) is 13.6. The highest BCUT2D eigenvalue weighted by molar-refractivity contribution is 6.09. The second kappa shape index (κ2) is 11.5. The maximum Gasteiger partial charge on any atom is 0.193 e. The zero-order chi connectivity index (χ0) is 20.4. The van der Waals surface area contributed by atoms with E-state index in [1.165, 1.54) is 37.1 Å². The molecule has 0 spiro atoms. The van der Waals surface area contributed by atoms with Gasteiger partial charge in [-0.1, -0.05) is 26.7 Å². The third-order valence-corrected chi connectivity index (χ3v) is 5.32. The molecule has 0 unspecified atom stereocenters. The highest BCUT2D eigenvalue weighted by Gasteiger charge is 2.12. The summed E-state index contributed by atoms with van der Waals surface area (Å²) in [6, 6.07) is 16.1. The molecule has 0 heterocycles. The standard InChI is InChI=1S/C25H36N2O/c1-5-9-19-27(20-10-6-2)24-17-13-22(14-18-24)25(28)21-11-15-23(16-12-21)26(7-3)8-4/h11-18H,5-10,19-20H2,1-4H3. The summed E-state index contributed by atoms with van der Waals surface area (Å²) in [4.78, 5) is 17.6. The molecule has 0 amide bonds. The monoisotopic (exact) mass is 380 g/mol. The molecule has 3 heteroatoms. The minimum atomic E-state index is 0.0892. The lowest BCUT2D eigenvalue weighted by Gasteiger charge is -2.25. The van der Waals surface area contributed by atoms with E-state index >= 15 is 0 Å². The van der Waals surface area contributed by atoms with Gasteiger partial charge < -0.3 is 9.80 Å². The molecule has 0 fully saturated rings. The Kier molecular flexibility index (Phi) is 9.06. The molecule has 0 saturated heterocycles. The fraction of sp³-hybridized carbons (Fsp3) is 0.480. The Morgan fingerprint density at radius 3 is 1.39 bits per heavy atom. The molecule has 0 saturated carbocycles. The van der Waals surface area contributed by atoms with Crippen molar-refractivity contribution in [2.24, 2.45) is 0 Å². The molecule has 2 aromatic carbocycles. The van der Waals surface area contributed by atoms with Gasteiger partial charge in [-0.2, -0.15) is 0 Å². The van der Waals surface area contributed by atoms with Crippen LogP contribution in [0.15, 0.2) is 48.5 Å². The van der Waals surface area contributed by atoms with Gasteiger partial charge in [0, 0.05) is 48.7 Å². The smallest absolute Gasteiger partial charge is 0.193 e. The Morgan fingerprint density at radius 2 is 1.04 bits per heavy atom. The number of carbonyl (C=O) groups excluding carboxylic acids is 1. The number of anilines is 2. The van der Waals surface area contributed by atoms with Crippen molar-refractivity contribution in [2.45, 2.75) is 53.4 Å². The van der Waals surface area contributed by atoms with Crippen LogP contribution in [0.2, 0.25) is 0 Å². The minimum absolute atomic E-state index is 0.0892. The van der Waals surface area contributed by atoms with E-state index < -0.39 is 0 Å². The average Bonchev–Trinajstić information content (AvgIpc) is 2.75. The zero-order valence-corrected chi connectivity index (χ0v) is 18.1. The molecule has 152 valence electrons. The van der Waals surface area contributed by atoms with Crippen molar-refractivity contribution >= 4 is 17.2 Å². The van der Waals surface area contributed by atoms with Crippen LogP contribution in [0.25, 0.3) is 0 Å². The first kappa shape index (κ1) is 22.0. The number of hydrogen-bond donors (Lipinski definition) is 0. The predicted molar refractivity (Wildman–Crippen MR) is 122 cm³/mol. The van der Waals surface area contributed by atoms with Gasteiger partial charge in [-0.15, -0.1) is 0 Å². The second-order valence-corrected chi connectivity index (χ2v) is 7.29. The van der Waals surface area contributed by atoms with Crippen molar-refractivity contribution in [3.05, 3.63) is 59.7 Å². The van der Waals surface area contributed by atoms with Crippen molar-refractivity contribution in [1.82, 2.24) is 0 Å². The highest BCUT2D eigenvalue weighted by Crippen LogP contribution is 2.21. The van der Waals surface area contributed by atoms with Crippen molar-refractivity contribution < 1.29 is 4.79 Å². The molecule has 0 aromatic heterocycles. The summed E-state index contributed by atoms with van der Waals surface area (Å²) in [6.45, 7) is 12.8. The Bertz CT molecular complexity index is 694. The van der Waals surface area contributed by atoms with Gasteiger partial charge in [-0.05, 0) is 75.2 Å². The lowest BCUT2D eigenvalue weighted by atomic mass is 10.0. The molecule has 0 aliphatic carbocycles. The molecule has 0 bridgehead atoms. The Hall–Kier alpha value is -2.29. The molecule has 0 radical (unpaired) electrons. The topological polar surface area (TPSA) is 23.6 Å². The van der Waals surface area contributed by atoms with E-state index in [1.54, 1.807) is 0 Å². The highest BCUT2D eigenvalue weighted by atomic mass is 16.1. The van der Waals surface area contributed by atoms with Crippen LogP contribution >= 0.6 is 0 Å². The third-order valence-electron chi connectivity index (χ3n) is 5.32. The number of unbranched alkanes of at least 4 members (excludes halogenated alkanes) is 2. The van der Waals surface area contributed by atoms with E-state index in [9.17, 15) is 4.79 Å². The summed E-state index contributed by atoms with van der Waals surface area (Å²) in [6.07, 6.45) is 4.79. The molecule has 0 aliphatic rings. The lowest BCUT2D eigenvalue weighted by Crippen LogP contribution is -2.25. The van der Waals surface area contributed by atoms with Crippen LogP contribution in [0.1, 0.15) is 69.3 Å². The number of nitrogens with zero attached hydrogens (tertiary/aromatic N) is 2. The van der Waals surface area contributed by atoms with Gasteiger partial charge in [0.2, 0.25) is 0 Å². The quantitative estimate of drug-likeness (QED) is 0.411. The fourth-order valence-corrected chi connectivity index (χ4v) is 3.47. The van der Waals surface area contributed by atoms with Crippen LogP contribution in [0.4, 0.5) is 11.4 Å². The van der Waals surface area contributed by atoms with E-state index in [4.69, 9.17) is 0 Å². The van der Waals surface area contributed by atoms with Crippen LogP contribution in [0.5, 0.6) is 0 Å². The zero-order valence-electron chi connectivity index (χ0n) is 18.1. The average molecular weight is 381 g/mol. The fourth-order valence-electron chi connectivity index (χ4n) is 3.47. The minimum Gasteiger partial charge on any atom is -0.372 e. The summed E-state index contributed by atoms with van der Waals surface area (Å²) >= 11 is 0. The van der Waals surface area contributed by atoms with Gasteiger partial charge in [-0.3, -0.25) is 4.79 Å². The Morgan fingerprint density at radius 1 is 0.643 bits per heavy atom. The Balaban J connectivity index is 2.11. The van der Waals surface area contributed by atoms with Crippen LogP contribution in [0.3, 0.4) is 0 Å². The molecule has 0 atom stereocenters. The van der Waals surface area contributed by atoms with Gasteiger partial charge >= 0.3 is 0 Å². The molecule has 2 aromatic rings. The summed E-state index contributed by atoms with van der Waals surface area (Å²) in [5, 5.41) is 0. The van der Waals surface area contributed by atoms with Crippen LogP contribution in [-0.2, 0) is 0 Å². The summed E-state index contributed by atoms with van der Waals surface area (Å²) in [5.41, 5.74) is 3.89. The third kappa shape index (κ3) is 5.85. The summed E-state index contributed by atoms with van der Waals surface area (Å²) < 4.78 is 0. The van der Waals surface area contributed by atoms with Crippen molar-refractivity contribution in [3.8, 4) is 0 Å². The number of rotatable bonds is 12. The van der Waals surface area contributed by atoms with Crippen LogP contribution < -0.4 is 9.80 Å². The number of benzene rings is 2. The lowest BCUT2D eigenvalue weighted by molar-refractivity contribution is 0.103. The first-order valence-electron chi connectivity index (χ1n) is 10.9. The normalized spacial score (nSPS) is 10.7. The molecule has 3 nitrogen and oxygen atoms in total. The van der Waals surface area contributed by atoms with E-state index in [2.05, 4.69) is 49.6 Å². The van der Waals surface area contributed by atoms with Crippen LogP contribution in [0, 0.1) is 0 Å². The maximum atomic E-state index is 12.9. The number of ketones is 1. The molecule has 0 N–H and O–H groups in total. The van der Waals surface area contributed by atoms with Gasteiger partial charge in [-0.25, -0.2) is 0 Å². The number of hydrogen-bond acceptors (Lipinski definition) is 3. The van der Waals surface area contributed by atoms with Crippen molar-refractivity contribution in [3.63, 3.8) is 0 Å². The molecule has 2 rings (SSSR count). The Labute approximate surface area is 171 Å². The summed E-state index contributed by atoms with van der Waals surface area (Å²) in [5.74, 6) is 0.0892. The van der Waals surface area contributed by atoms with E-state index in [0.717, 1.165) is 37.3 Å². The van der Waals surface area contributed by atoms with Crippen molar-refractivity contribution in [2.75, 3.05) is 36.0 Å². The molecule has 28 heavy (non-hydrogen) atoms. The first-order valence-corrected chi connectivity index (χ1v) is 10.9. The number of carbonyl (C=O) groups is 1. The van der Waals surface area contributed by atoms with Crippen LogP contribution in [-0.4, -0.2) is 32.0 Å². The molecular weight excluding hydrogens is 344 g/mol. The van der Waals surface area contributed by atoms with Crippen molar-refractivity contribution in [1.29, 1.82) is 0 Å². The van der Waals surface area contributed by atoms with E-state index in [-0.39, 0.29) is 5.78 Å². The van der Waals surface area contributed by atoms with Gasteiger partial charge in [0.05, 0.1) is 0 Å². The summed E-state index contributed by atoms with van der Waals surface area (Å²) in [7, 11) is 0. The van der Waals surface area contributed by atoms with Gasteiger partial charge in [0.25, 0.3) is 0 Å². The molecule has 0 aliphatic heterocycles. The van der Waals surface area contributed by atoms with Gasteiger partial charge in [0.15, 0.2) is 5.78 Å². The van der Waals surface area contributed by atoms with E-state index in [1.807, 2.05) is 36.4 Å².